The molecule has 3 heteroatoms. The monoisotopic (exact) mass is 236 g/mol. The molecule has 1 saturated heterocycles. The zero-order chi connectivity index (χ0) is 12.9. The van der Waals surface area contributed by atoms with Crippen LogP contribution in [-0.4, -0.2) is 29.8 Å². The number of ketones is 1. The Labute approximate surface area is 105 Å². The summed E-state index contributed by atoms with van der Waals surface area (Å²) in [7, 11) is 0. The number of nitrogens with zero attached hydrogens (tertiary/aromatic N) is 2. The first-order valence-electron chi connectivity index (χ1n) is 6.59. The molecule has 1 heterocycles. The van der Waals surface area contributed by atoms with Crippen molar-refractivity contribution in [1.82, 2.24) is 4.90 Å². The van der Waals surface area contributed by atoms with Crippen molar-refractivity contribution in [2.24, 2.45) is 5.41 Å². The van der Waals surface area contributed by atoms with Gasteiger partial charge in [-0.15, -0.1) is 0 Å². The first kappa shape index (κ1) is 14.2. The van der Waals surface area contributed by atoms with Crippen LogP contribution in [0.15, 0.2) is 0 Å². The van der Waals surface area contributed by atoms with Gasteiger partial charge in [-0.05, 0) is 53.1 Å². The van der Waals surface area contributed by atoms with Gasteiger partial charge in [0, 0.05) is 12.5 Å². The summed E-state index contributed by atoms with van der Waals surface area (Å²) in [5.41, 5.74) is -0.252. The third-order valence-corrected chi connectivity index (χ3v) is 3.60. The van der Waals surface area contributed by atoms with E-state index in [1.165, 1.54) is 12.8 Å². The molecule has 1 fully saturated rings. The third-order valence-electron chi connectivity index (χ3n) is 3.60. The highest BCUT2D eigenvalue weighted by Gasteiger charge is 2.25. The van der Waals surface area contributed by atoms with E-state index >= 15 is 0 Å². The number of carbonyl (C=O) groups is 1. The van der Waals surface area contributed by atoms with E-state index in [1.54, 1.807) is 6.92 Å². The Bertz CT molecular complexity index is 304. The van der Waals surface area contributed by atoms with E-state index < -0.39 is 0 Å². The summed E-state index contributed by atoms with van der Waals surface area (Å²) >= 11 is 0. The lowest BCUT2D eigenvalue weighted by molar-refractivity contribution is -0.118. The molecule has 0 spiro atoms. The maximum Gasteiger partial charge on any atom is 0.131 e. The molecule has 1 aliphatic rings. The van der Waals surface area contributed by atoms with Crippen molar-refractivity contribution in [2.45, 2.75) is 58.9 Å². The van der Waals surface area contributed by atoms with E-state index in [9.17, 15) is 4.79 Å². The summed E-state index contributed by atoms with van der Waals surface area (Å²) < 4.78 is 0. The Balaban J connectivity index is 2.48. The standard InChI is InChI=1S/C14H24N2O/c1-12(17)10-13-6-4-5-8-16(13)9-7-14(2,3)11-15/h13H,4-10H2,1-3H3. The Kier molecular flexibility index (Phi) is 5.14. The number of carbonyl (C=O) groups excluding carboxylic acids is 1. The van der Waals surface area contributed by atoms with Crippen molar-refractivity contribution >= 4 is 5.78 Å². The lowest BCUT2D eigenvalue weighted by Crippen LogP contribution is -2.42. The van der Waals surface area contributed by atoms with Crippen molar-refractivity contribution in [1.29, 1.82) is 5.26 Å². The largest absolute Gasteiger partial charge is 0.300 e. The zero-order valence-corrected chi connectivity index (χ0v) is 11.3. The van der Waals surface area contributed by atoms with E-state index in [0.717, 1.165) is 25.9 Å². The van der Waals surface area contributed by atoms with E-state index in [4.69, 9.17) is 5.26 Å². The van der Waals surface area contributed by atoms with Crippen LogP contribution < -0.4 is 0 Å². The van der Waals surface area contributed by atoms with Crippen molar-refractivity contribution in [2.75, 3.05) is 13.1 Å². The summed E-state index contributed by atoms with van der Waals surface area (Å²) in [6, 6.07) is 2.76. The highest BCUT2D eigenvalue weighted by molar-refractivity contribution is 5.76. The van der Waals surface area contributed by atoms with Crippen LogP contribution >= 0.6 is 0 Å². The average Bonchev–Trinajstić information content (AvgIpc) is 2.27. The van der Waals surface area contributed by atoms with Crippen LogP contribution in [0.2, 0.25) is 0 Å². The van der Waals surface area contributed by atoms with Crippen LogP contribution in [0, 0.1) is 16.7 Å². The average molecular weight is 236 g/mol. The number of hydrogen-bond donors (Lipinski definition) is 0. The van der Waals surface area contributed by atoms with Crippen molar-refractivity contribution in [3.63, 3.8) is 0 Å². The Morgan fingerprint density at radius 1 is 1.47 bits per heavy atom. The molecule has 3 nitrogen and oxygen atoms in total. The molecule has 1 unspecified atom stereocenters. The van der Waals surface area contributed by atoms with Crippen LogP contribution in [-0.2, 0) is 4.79 Å². The molecule has 1 rings (SSSR count). The minimum Gasteiger partial charge on any atom is -0.300 e. The van der Waals surface area contributed by atoms with Crippen molar-refractivity contribution < 1.29 is 4.79 Å². The van der Waals surface area contributed by atoms with Gasteiger partial charge in [0.1, 0.15) is 5.78 Å². The van der Waals surface area contributed by atoms with Gasteiger partial charge in [0.25, 0.3) is 0 Å². The second-order valence-electron chi connectivity index (χ2n) is 5.84. The van der Waals surface area contributed by atoms with E-state index in [1.807, 2.05) is 13.8 Å². The molecule has 0 saturated carbocycles. The fraction of sp³-hybridized carbons (Fsp3) is 0.857. The van der Waals surface area contributed by atoms with Crippen LogP contribution in [0.5, 0.6) is 0 Å². The molecule has 1 atom stereocenters. The molecule has 1 aliphatic heterocycles. The predicted molar refractivity (Wildman–Crippen MR) is 68.5 cm³/mol. The highest BCUT2D eigenvalue weighted by atomic mass is 16.1. The molecule has 0 aromatic rings. The number of hydrogen-bond acceptors (Lipinski definition) is 3. The van der Waals surface area contributed by atoms with E-state index in [0.29, 0.717) is 12.5 Å². The molecular weight excluding hydrogens is 212 g/mol. The van der Waals surface area contributed by atoms with Gasteiger partial charge in [0.05, 0.1) is 11.5 Å². The Morgan fingerprint density at radius 3 is 2.76 bits per heavy atom. The molecular formula is C14H24N2O. The van der Waals surface area contributed by atoms with Crippen LogP contribution in [0.3, 0.4) is 0 Å². The van der Waals surface area contributed by atoms with Gasteiger partial charge in [-0.2, -0.15) is 5.26 Å². The maximum atomic E-state index is 11.2. The SMILES string of the molecule is CC(=O)CC1CCCCN1CCC(C)(C)C#N. The van der Waals surface area contributed by atoms with Gasteiger partial charge in [-0.1, -0.05) is 6.42 Å². The van der Waals surface area contributed by atoms with Crippen molar-refractivity contribution in [3.8, 4) is 6.07 Å². The zero-order valence-electron chi connectivity index (χ0n) is 11.3. The van der Waals surface area contributed by atoms with Crippen molar-refractivity contribution in [3.05, 3.63) is 0 Å². The molecule has 0 radical (unpaired) electrons. The molecule has 0 aromatic carbocycles. The molecule has 0 amide bonds. The minimum absolute atomic E-state index is 0.252. The van der Waals surface area contributed by atoms with Gasteiger partial charge in [0.2, 0.25) is 0 Å². The van der Waals surface area contributed by atoms with Gasteiger partial charge in [0.15, 0.2) is 0 Å². The fourth-order valence-corrected chi connectivity index (χ4v) is 2.40. The van der Waals surface area contributed by atoms with Crippen LogP contribution in [0.4, 0.5) is 0 Å². The number of Topliss-reactive ketones (excluding diaryl/α,β-unsaturated/α-hetero) is 1. The molecule has 0 aliphatic carbocycles. The molecule has 0 N–H and O–H groups in total. The quantitative estimate of drug-likeness (QED) is 0.737. The second-order valence-corrected chi connectivity index (χ2v) is 5.84. The minimum atomic E-state index is -0.252. The fourth-order valence-electron chi connectivity index (χ4n) is 2.40. The normalized spacial score (nSPS) is 22.1. The summed E-state index contributed by atoms with van der Waals surface area (Å²) in [6.07, 6.45) is 5.15. The summed E-state index contributed by atoms with van der Waals surface area (Å²) in [6.45, 7) is 7.66. The van der Waals surface area contributed by atoms with E-state index in [-0.39, 0.29) is 11.2 Å². The highest BCUT2D eigenvalue weighted by Crippen LogP contribution is 2.24. The number of nitriles is 1. The van der Waals surface area contributed by atoms with Gasteiger partial charge in [-0.3, -0.25) is 9.69 Å². The lowest BCUT2D eigenvalue weighted by Gasteiger charge is -2.36. The Hall–Kier alpha value is -0.880. The first-order chi connectivity index (χ1) is 7.94. The Morgan fingerprint density at radius 2 is 2.18 bits per heavy atom. The van der Waals surface area contributed by atoms with Gasteiger partial charge >= 0.3 is 0 Å². The molecule has 0 aromatic heterocycles. The van der Waals surface area contributed by atoms with Gasteiger partial charge < -0.3 is 0 Å². The predicted octanol–water partition coefficient (Wildman–Crippen LogP) is 2.76. The summed E-state index contributed by atoms with van der Waals surface area (Å²) in [4.78, 5) is 13.6. The topological polar surface area (TPSA) is 44.1 Å². The summed E-state index contributed by atoms with van der Waals surface area (Å²) in [5, 5.41) is 9.01. The molecule has 17 heavy (non-hydrogen) atoms. The first-order valence-corrected chi connectivity index (χ1v) is 6.59. The number of rotatable bonds is 5. The number of piperidine rings is 1. The van der Waals surface area contributed by atoms with Crippen LogP contribution in [0.25, 0.3) is 0 Å². The number of likely N-dealkylation sites (tertiary alicyclic amines) is 1. The third kappa shape index (κ3) is 4.87. The maximum absolute atomic E-state index is 11.2. The van der Waals surface area contributed by atoms with E-state index in [2.05, 4.69) is 11.0 Å². The lowest BCUT2D eigenvalue weighted by atomic mass is 9.90. The molecule has 96 valence electrons. The molecule has 0 bridgehead atoms. The van der Waals surface area contributed by atoms with Gasteiger partial charge in [-0.25, -0.2) is 0 Å². The summed E-state index contributed by atoms with van der Waals surface area (Å²) in [5.74, 6) is 0.279. The van der Waals surface area contributed by atoms with Crippen LogP contribution in [0.1, 0.15) is 52.9 Å². The smallest absolute Gasteiger partial charge is 0.131 e. The second kappa shape index (κ2) is 6.16.